The lowest BCUT2D eigenvalue weighted by atomic mass is 10.0. The number of hydrogen-bond acceptors (Lipinski definition) is 3. The first-order valence-electron chi connectivity index (χ1n) is 6.85. The van der Waals surface area contributed by atoms with E-state index < -0.39 is 0 Å². The number of carbonyl (C=O) groups is 2. The Labute approximate surface area is 109 Å². The number of piperidine rings is 1. The predicted octanol–water partition coefficient (Wildman–Crippen LogP) is 0.631. The van der Waals surface area contributed by atoms with Crippen molar-refractivity contribution in [1.82, 2.24) is 10.2 Å². The monoisotopic (exact) mass is 255 g/mol. The van der Waals surface area contributed by atoms with E-state index in [-0.39, 0.29) is 23.9 Å². The summed E-state index contributed by atoms with van der Waals surface area (Å²) in [6.07, 6.45) is 3.70. The van der Waals surface area contributed by atoms with E-state index in [1.807, 2.05) is 18.7 Å². The van der Waals surface area contributed by atoms with Gasteiger partial charge in [-0.3, -0.25) is 9.59 Å². The first-order valence-corrected chi connectivity index (χ1v) is 6.85. The summed E-state index contributed by atoms with van der Waals surface area (Å²) in [5.41, 5.74) is 5.64. The SMILES string of the molecule is CCCC(=O)NC1CCCN(C(=O)CC(C)N)C1. The van der Waals surface area contributed by atoms with Gasteiger partial charge < -0.3 is 16.0 Å². The van der Waals surface area contributed by atoms with Crippen molar-refractivity contribution < 1.29 is 9.59 Å². The van der Waals surface area contributed by atoms with Crippen LogP contribution in [0.15, 0.2) is 0 Å². The highest BCUT2D eigenvalue weighted by atomic mass is 16.2. The van der Waals surface area contributed by atoms with Crippen LogP contribution in [0.1, 0.15) is 46.0 Å². The molecule has 0 aromatic carbocycles. The van der Waals surface area contributed by atoms with Crippen molar-refractivity contribution in [3.05, 3.63) is 0 Å². The van der Waals surface area contributed by atoms with Crippen molar-refractivity contribution in [1.29, 1.82) is 0 Å². The molecule has 3 N–H and O–H groups in total. The maximum atomic E-state index is 11.9. The predicted molar refractivity (Wildman–Crippen MR) is 70.9 cm³/mol. The van der Waals surface area contributed by atoms with Crippen molar-refractivity contribution in [3.63, 3.8) is 0 Å². The Kier molecular flexibility index (Phi) is 6.12. The first-order chi connectivity index (χ1) is 8.52. The van der Waals surface area contributed by atoms with Crippen LogP contribution in [-0.2, 0) is 9.59 Å². The van der Waals surface area contributed by atoms with Gasteiger partial charge in [0.05, 0.1) is 0 Å². The summed E-state index contributed by atoms with van der Waals surface area (Å²) in [6.45, 7) is 5.23. The van der Waals surface area contributed by atoms with Gasteiger partial charge in [-0.15, -0.1) is 0 Å². The summed E-state index contributed by atoms with van der Waals surface area (Å²) in [7, 11) is 0. The average molecular weight is 255 g/mol. The van der Waals surface area contributed by atoms with Crippen molar-refractivity contribution in [2.75, 3.05) is 13.1 Å². The van der Waals surface area contributed by atoms with Gasteiger partial charge in [-0.25, -0.2) is 0 Å². The van der Waals surface area contributed by atoms with Crippen LogP contribution in [0.5, 0.6) is 0 Å². The second-order valence-electron chi connectivity index (χ2n) is 5.18. The molecule has 1 aliphatic rings. The summed E-state index contributed by atoms with van der Waals surface area (Å²) >= 11 is 0. The highest BCUT2D eigenvalue weighted by molar-refractivity contribution is 5.78. The third-order valence-corrected chi connectivity index (χ3v) is 3.11. The summed E-state index contributed by atoms with van der Waals surface area (Å²) in [6, 6.07) is 0.00221. The standard InChI is InChI=1S/C13H25N3O2/c1-3-5-12(17)15-11-6-4-7-16(9-11)13(18)8-10(2)14/h10-11H,3-9,14H2,1-2H3,(H,15,17). The topological polar surface area (TPSA) is 75.4 Å². The quantitative estimate of drug-likeness (QED) is 0.756. The number of nitrogens with zero attached hydrogens (tertiary/aromatic N) is 1. The van der Waals surface area contributed by atoms with E-state index in [9.17, 15) is 9.59 Å². The molecule has 0 spiro atoms. The molecule has 1 heterocycles. The minimum atomic E-state index is -0.104. The van der Waals surface area contributed by atoms with Crippen LogP contribution < -0.4 is 11.1 Å². The maximum absolute atomic E-state index is 11.9. The first kappa shape index (κ1) is 15.0. The van der Waals surface area contributed by atoms with Gasteiger partial charge in [-0.1, -0.05) is 6.92 Å². The van der Waals surface area contributed by atoms with E-state index in [4.69, 9.17) is 5.73 Å². The minimum absolute atomic E-state index is 0.0870. The van der Waals surface area contributed by atoms with Crippen molar-refractivity contribution >= 4 is 11.8 Å². The molecule has 0 aliphatic carbocycles. The summed E-state index contributed by atoms with van der Waals surface area (Å²) < 4.78 is 0. The minimum Gasteiger partial charge on any atom is -0.352 e. The molecule has 2 atom stereocenters. The Morgan fingerprint density at radius 2 is 2.22 bits per heavy atom. The number of rotatable bonds is 5. The zero-order valence-electron chi connectivity index (χ0n) is 11.4. The molecule has 104 valence electrons. The summed E-state index contributed by atoms with van der Waals surface area (Å²) in [5, 5.41) is 2.99. The summed E-state index contributed by atoms with van der Waals surface area (Å²) in [5.74, 6) is 0.184. The summed E-state index contributed by atoms with van der Waals surface area (Å²) in [4.78, 5) is 25.3. The van der Waals surface area contributed by atoms with Crippen molar-refractivity contribution in [2.24, 2.45) is 5.73 Å². The molecule has 0 bridgehead atoms. The Morgan fingerprint density at radius 1 is 1.50 bits per heavy atom. The van der Waals surface area contributed by atoms with Gasteiger partial charge >= 0.3 is 0 Å². The zero-order valence-corrected chi connectivity index (χ0v) is 11.4. The van der Waals surface area contributed by atoms with E-state index in [0.29, 0.717) is 19.4 Å². The molecule has 5 heteroatoms. The Hall–Kier alpha value is -1.10. The number of nitrogens with two attached hydrogens (primary N) is 1. The Balaban J connectivity index is 2.40. The molecule has 1 aliphatic heterocycles. The highest BCUT2D eigenvalue weighted by Gasteiger charge is 2.24. The highest BCUT2D eigenvalue weighted by Crippen LogP contribution is 2.12. The third kappa shape index (κ3) is 5.04. The van der Waals surface area contributed by atoms with Gasteiger partial charge in [-0.05, 0) is 26.2 Å². The van der Waals surface area contributed by atoms with E-state index in [2.05, 4.69) is 5.32 Å². The number of hydrogen-bond donors (Lipinski definition) is 2. The third-order valence-electron chi connectivity index (χ3n) is 3.11. The van der Waals surface area contributed by atoms with Gasteiger partial charge in [-0.2, -0.15) is 0 Å². The zero-order chi connectivity index (χ0) is 13.5. The molecule has 0 saturated carbocycles. The maximum Gasteiger partial charge on any atom is 0.224 e. The van der Waals surface area contributed by atoms with Crippen LogP contribution in [0.25, 0.3) is 0 Å². The van der Waals surface area contributed by atoms with Crippen LogP contribution in [0, 0.1) is 0 Å². The van der Waals surface area contributed by atoms with E-state index in [0.717, 1.165) is 25.8 Å². The molecular weight excluding hydrogens is 230 g/mol. The molecule has 18 heavy (non-hydrogen) atoms. The fraction of sp³-hybridized carbons (Fsp3) is 0.846. The second kappa shape index (κ2) is 7.36. The van der Waals surface area contributed by atoms with Crippen LogP contribution in [0.3, 0.4) is 0 Å². The van der Waals surface area contributed by atoms with Crippen LogP contribution in [0.2, 0.25) is 0 Å². The van der Waals surface area contributed by atoms with Gasteiger partial charge in [0.2, 0.25) is 11.8 Å². The van der Waals surface area contributed by atoms with E-state index in [1.165, 1.54) is 0 Å². The normalized spacial score (nSPS) is 21.5. The number of carbonyl (C=O) groups excluding carboxylic acids is 2. The Bertz CT molecular complexity index is 292. The molecule has 2 amide bonds. The van der Waals surface area contributed by atoms with Gasteiger partial charge in [0, 0.05) is 38.0 Å². The lowest BCUT2D eigenvalue weighted by Gasteiger charge is -2.33. The van der Waals surface area contributed by atoms with Crippen LogP contribution >= 0.6 is 0 Å². The van der Waals surface area contributed by atoms with Gasteiger partial charge in [0.1, 0.15) is 0 Å². The fourth-order valence-corrected chi connectivity index (χ4v) is 2.25. The fourth-order valence-electron chi connectivity index (χ4n) is 2.25. The molecule has 1 rings (SSSR count). The molecule has 2 unspecified atom stereocenters. The molecule has 1 saturated heterocycles. The Morgan fingerprint density at radius 3 is 2.83 bits per heavy atom. The molecular formula is C13H25N3O2. The second-order valence-corrected chi connectivity index (χ2v) is 5.18. The number of nitrogens with one attached hydrogen (secondary N) is 1. The largest absolute Gasteiger partial charge is 0.352 e. The van der Waals surface area contributed by atoms with Crippen molar-refractivity contribution in [2.45, 2.75) is 58.0 Å². The van der Waals surface area contributed by atoms with Crippen LogP contribution in [0.4, 0.5) is 0 Å². The molecule has 0 radical (unpaired) electrons. The molecule has 0 aromatic rings. The number of likely N-dealkylation sites (tertiary alicyclic amines) is 1. The van der Waals surface area contributed by atoms with E-state index >= 15 is 0 Å². The van der Waals surface area contributed by atoms with Crippen LogP contribution in [-0.4, -0.2) is 41.9 Å². The molecule has 5 nitrogen and oxygen atoms in total. The smallest absolute Gasteiger partial charge is 0.224 e. The average Bonchev–Trinajstić information content (AvgIpc) is 2.28. The van der Waals surface area contributed by atoms with Gasteiger partial charge in [0.25, 0.3) is 0 Å². The molecule has 0 aromatic heterocycles. The number of amides is 2. The lowest BCUT2D eigenvalue weighted by Crippen LogP contribution is -2.50. The van der Waals surface area contributed by atoms with Gasteiger partial charge in [0.15, 0.2) is 0 Å². The lowest BCUT2D eigenvalue weighted by molar-refractivity contribution is -0.133. The molecule has 1 fully saturated rings. The van der Waals surface area contributed by atoms with Crippen molar-refractivity contribution in [3.8, 4) is 0 Å². The van der Waals surface area contributed by atoms with E-state index in [1.54, 1.807) is 0 Å².